The molecule has 0 saturated heterocycles. The van der Waals surface area contributed by atoms with Gasteiger partial charge in [0.05, 0.1) is 14.6 Å². The summed E-state index contributed by atoms with van der Waals surface area (Å²) < 4.78 is -1.26. The first-order chi connectivity index (χ1) is 9.53. The van der Waals surface area contributed by atoms with Gasteiger partial charge in [0.15, 0.2) is 0 Å². The monoisotopic (exact) mass is 394 g/mol. The Morgan fingerprint density at radius 1 is 0.850 bits per heavy atom. The maximum Gasteiger partial charge on any atom is 0.310 e. The molecular formula is C16H12Br2O2. The lowest BCUT2D eigenvalue weighted by molar-refractivity contribution is -0.138. The van der Waals surface area contributed by atoms with Gasteiger partial charge in [-0.2, -0.15) is 0 Å². The topological polar surface area (TPSA) is 37.3 Å². The Bertz CT molecular complexity index is 593. The molecule has 0 aromatic heterocycles. The number of hydrogen-bond donors (Lipinski definition) is 1. The summed E-state index contributed by atoms with van der Waals surface area (Å²) >= 11 is 7.39. The van der Waals surface area contributed by atoms with Crippen molar-refractivity contribution in [2.75, 3.05) is 0 Å². The molecule has 3 rings (SSSR count). The molecule has 1 fully saturated rings. The zero-order chi connectivity index (χ0) is 14.4. The highest BCUT2D eigenvalue weighted by Crippen LogP contribution is 2.77. The third-order valence-electron chi connectivity index (χ3n) is 3.88. The number of halogens is 2. The molecule has 20 heavy (non-hydrogen) atoms. The molecule has 1 N–H and O–H groups in total. The average molecular weight is 396 g/mol. The van der Waals surface area contributed by atoms with E-state index in [0.717, 1.165) is 11.1 Å². The largest absolute Gasteiger partial charge is 0.481 e. The predicted molar refractivity (Wildman–Crippen MR) is 85.2 cm³/mol. The lowest BCUT2D eigenvalue weighted by Crippen LogP contribution is -2.10. The SMILES string of the molecule is O=C(O)C1[C@](Br)(c2ccccc2)[C@]1(Br)c1ccccc1. The number of hydrogen-bond acceptors (Lipinski definition) is 1. The molecule has 0 radical (unpaired) electrons. The van der Waals surface area contributed by atoms with Crippen molar-refractivity contribution in [1.82, 2.24) is 0 Å². The second-order valence-corrected chi connectivity index (χ2v) is 7.43. The number of alkyl halides is 2. The Morgan fingerprint density at radius 3 is 1.50 bits per heavy atom. The fourth-order valence-electron chi connectivity index (χ4n) is 2.86. The zero-order valence-corrected chi connectivity index (χ0v) is 13.6. The van der Waals surface area contributed by atoms with Crippen LogP contribution < -0.4 is 0 Å². The molecule has 0 bridgehead atoms. The molecule has 1 aliphatic carbocycles. The van der Waals surface area contributed by atoms with Crippen LogP contribution in [0, 0.1) is 5.92 Å². The molecule has 0 amide bonds. The van der Waals surface area contributed by atoms with Gasteiger partial charge < -0.3 is 5.11 Å². The fourth-order valence-corrected chi connectivity index (χ4v) is 5.46. The molecular weight excluding hydrogens is 384 g/mol. The van der Waals surface area contributed by atoms with Gasteiger partial charge in [-0.3, -0.25) is 4.79 Å². The molecule has 1 saturated carbocycles. The smallest absolute Gasteiger partial charge is 0.310 e. The standard InChI is InChI=1S/C16H12Br2O2/c17-15(11-7-3-1-4-8-11)13(14(19)20)16(15,18)12-9-5-2-6-10-12/h1-10,13H,(H,19,20)/t13?,15-,16+. The summed E-state index contributed by atoms with van der Waals surface area (Å²) in [6, 6.07) is 19.4. The Morgan fingerprint density at radius 2 is 1.20 bits per heavy atom. The van der Waals surface area contributed by atoms with E-state index in [1.807, 2.05) is 60.7 Å². The van der Waals surface area contributed by atoms with E-state index in [0.29, 0.717) is 0 Å². The summed E-state index contributed by atoms with van der Waals surface area (Å²) in [7, 11) is 0. The lowest BCUT2D eigenvalue weighted by atomic mass is 10.0. The summed E-state index contributed by atoms with van der Waals surface area (Å²) in [6.07, 6.45) is 0. The Hall–Kier alpha value is -1.13. The van der Waals surface area contributed by atoms with Gasteiger partial charge in [-0.25, -0.2) is 0 Å². The summed E-state index contributed by atoms with van der Waals surface area (Å²) in [5.41, 5.74) is 1.93. The summed E-state index contributed by atoms with van der Waals surface area (Å²) in [5, 5.41) is 9.59. The van der Waals surface area contributed by atoms with Crippen LogP contribution in [0.5, 0.6) is 0 Å². The van der Waals surface area contributed by atoms with E-state index in [9.17, 15) is 9.90 Å². The van der Waals surface area contributed by atoms with Gasteiger partial charge in [-0.1, -0.05) is 92.5 Å². The molecule has 102 valence electrons. The van der Waals surface area contributed by atoms with Crippen molar-refractivity contribution in [3.63, 3.8) is 0 Å². The second kappa shape index (κ2) is 4.71. The minimum absolute atomic E-state index is 0.556. The Kier molecular flexibility index (Phi) is 3.26. The van der Waals surface area contributed by atoms with Gasteiger partial charge in [0.2, 0.25) is 0 Å². The predicted octanol–water partition coefficient (Wildman–Crippen LogP) is 4.28. The number of carbonyl (C=O) groups is 1. The van der Waals surface area contributed by atoms with Crippen LogP contribution >= 0.6 is 31.9 Å². The molecule has 1 aliphatic rings. The quantitative estimate of drug-likeness (QED) is 0.787. The second-order valence-electron chi connectivity index (χ2n) is 4.93. The van der Waals surface area contributed by atoms with Crippen LogP contribution in [0.2, 0.25) is 0 Å². The third kappa shape index (κ3) is 1.71. The Labute approximate surface area is 134 Å². The van der Waals surface area contributed by atoms with Gasteiger partial charge >= 0.3 is 5.97 Å². The highest BCUT2D eigenvalue weighted by Gasteiger charge is 2.79. The third-order valence-corrected chi connectivity index (χ3v) is 7.49. The van der Waals surface area contributed by atoms with Crippen molar-refractivity contribution in [3.05, 3.63) is 71.8 Å². The van der Waals surface area contributed by atoms with Crippen molar-refractivity contribution in [3.8, 4) is 0 Å². The Balaban J connectivity index is 2.14. The van der Waals surface area contributed by atoms with E-state index in [-0.39, 0.29) is 0 Å². The minimum Gasteiger partial charge on any atom is -0.481 e. The van der Waals surface area contributed by atoms with E-state index < -0.39 is 20.5 Å². The first-order valence-corrected chi connectivity index (χ1v) is 7.83. The molecule has 4 heteroatoms. The van der Waals surface area contributed by atoms with Gasteiger partial charge in [-0.15, -0.1) is 0 Å². The van der Waals surface area contributed by atoms with Crippen LogP contribution in [-0.4, -0.2) is 11.1 Å². The van der Waals surface area contributed by atoms with Crippen molar-refractivity contribution < 1.29 is 9.90 Å². The fraction of sp³-hybridized carbons (Fsp3) is 0.188. The van der Waals surface area contributed by atoms with Gasteiger partial charge in [-0.05, 0) is 11.1 Å². The first-order valence-electron chi connectivity index (χ1n) is 6.24. The van der Waals surface area contributed by atoms with Crippen LogP contribution in [-0.2, 0) is 13.4 Å². The molecule has 3 atom stereocenters. The van der Waals surface area contributed by atoms with Crippen LogP contribution in [0.4, 0.5) is 0 Å². The van der Waals surface area contributed by atoms with Gasteiger partial charge in [0.25, 0.3) is 0 Å². The number of carboxylic acid groups (broad SMARTS) is 1. The first kappa shape index (κ1) is 13.8. The van der Waals surface area contributed by atoms with Gasteiger partial charge in [0, 0.05) is 0 Å². The average Bonchev–Trinajstić information content (AvgIpc) is 3.00. The molecule has 0 heterocycles. The van der Waals surface area contributed by atoms with Crippen molar-refractivity contribution in [1.29, 1.82) is 0 Å². The maximum absolute atomic E-state index is 11.7. The van der Waals surface area contributed by atoms with Crippen LogP contribution in [0.1, 0.15) is 11.1 Å². The van der Waals surface area contributed by atoms with Gasteiger partial charge in [0.1, 0.15) is 0 Å². The van der Waals surface area contributed by atoms with E-state index >= 15 is 0 Å². The summed E-state index contributed by atoms with van der Waals surface area (Å²) in [4.78, 5) is 11.7. The molecule has 0 aliphatic heterocycles. The van der Waals surface area contributed by atoms with Crippen LogP contribution in [0.25, 0.3) is 0 Å². The normalized spacial score (nSPS) is 31.8. The zero-order valence-electron chi connectivity index (χ0n) is 10.5. The molecule has 2 aromatic carbocycles. The molecule has 0 spiro atoms. The highest BCUT2D eigenvalue weighted by molar-refractivity contribution is 9.13. The van der Waals surface area contributed by atoms with E-state index in [1.165, 1.54) is 0 Å². The highest BCUT2D eigenvalue weighted by atomic mass is 79.9. The molecule has 1 unspecified atom stereocenters. The van der Waals surface area contributed by atoms with Crippen LogP contribution in [0.15, 0.2) is 60.7 Å². The van der Waals surface area contributed by atoms with Crippen molar-refractivity contribution >= 4 is 37.8 Å². The number of aliphatic carboxylic acids is 1. The minimum atomic E-state index is -0.813. The number of carboxylic acids is 1. The molecule has 2 nitrogen and oxygen atoms in total. The van der Waals surface area contributed by atoms with E-state index in [2.05, 4.69) is 31.9 Å². The lowest BCUT2D eigenvalue weighted by Gasteiger charge is -2.15. The maximum atomic E-state index is 11.7. The van der Waals surface area contributed by atoms with Crippen LogP contribution in [0.3, 0.4) is 0 Å². The molecule has 2 aromatic rings. The number of benzene rings is 2. The van der Waals surface area contributed by atoms with Crippen molar-refractivity contribution in [2.45, 2.75) is 8.65 Å². The summed E-state index contributed by atoms with van der Waals surface area (Å²) in [5.74, 6) is -1.37. The number of rotatable bonds is 3. The van der Waals surface area contributed by atoms with Crippen molar-refractivity contribution in [2.24, 2.45) is 5.92 Å². The summed E-state index contributed by atoms with van der Waals surface area (Å²) in [6.45, 7) is 0. The van der Waals surface area contributed by atoms with E-state index in [1.54, 1.807) is 0 Å². The van der Waals surface area contributed by atoms with E-state index in [4.69, 9.17) is 0 Å².